The number of fused-ring (bicyclic) bond motifs is 5. The zero-order valence-electron chi connectivity index (χ0n) is 77.5. The van der Waals surface area contributed by atoms with Crippen molar-refractivity contribution in [2.24, 2.45) is 29.6 Å². The molecule has 5 aliphatic carbocycles. The third-order valence-corrected chi connectivity index (χ3v) is 28.3. The largest absolute Gasteiger partial charge is 0.480 e. The molecule has 5 aliphatic heterocycles. The number of nitrogens with zero attached hydrogens (tertiary/aromatic N) is 5. The van der Waals surface area contributed by atoms with Crippen molar-refractivity contribution in [2.75, 3.05) is 32.2 Å². The maximum absolute atomic E-state index is 13.3. The number of thioether (sulfide) groups is 1. The number of hydrogen-bond acceptors (Lipinski definition) is 26. The van der Waals surface area contributed by atoms with Gasteiger partial charge in [0.15, 0.2) is 0 Å². The Morgan fingerprint density at radius 3 is 0.789 bits per heavy atom. The van der Waals surface area contributed by atoms with Gasteiger partial charge in [-0.2, -0.15) is 0 Å². The minimum atomic E-state index is -1.04. The van der Waals surface area contributed by atoms with Gasteiger partial charge in [-0.15, -0.1) is 11.8 Å². The molecule has 26 atom stereocenters. The Morgan fingerprint density at radius 2 is 0.523 bits per heavy atom. The Hall–Kier alpha value is -8.33. The highest BCUT2D eigenvalue weighted by atomic mass is 32.2. The van der Waals surface area contributed by atoms with Gasteiger partial charge in [0.2, 0.25) is 29.5 Å². The van der Waals surface area contributed by atoms with E-state index in [4.69, 9.17) is 24.1 Å². The number of aliphatic carboxylic acids is 7. The number of carboxylic acids is 7. The van der Waals surface area contributed by atoms with Gasteiger partial charge in [-0.25, -0.2) is 24.0 Å². The smallest absolute Gasteiger partial charge is 0.326 e. The molecule has 1 unspecified atom stereocenters. The molecule has 5 saturated carbocycles. The second-order valence-electron chi connectivity index (χ2n) is 36.0. The summed E-state index contributed by atoms with van der Waals surface area (Å²) in [7, 11) is 0. The van der Waals surface area contributed by atoms with Gasteiger partial charge in [0, 0.05) is 36.0 Å². The molecule has 0 bridgehead atoms. The van der Waals surface area contributed by atoms with Crippen LogP contribution in [0.5, 0.6) is 0 Å². The average molecular weight is 1830 g/mol. The van der Waals surface area contributed by atoms with Crippen LogP contribution in [0.3, 0.4) is 0 Å². The van der Waals surface area contributed by atoms with E-state index in [1.165, 1.54) is 33.4 Å². The summed E-state index contributed by atoms with van der Waals surface area (Å²) in [5.74, 6) is -8.37. The summed E-state index contributed by atoms with van der Waals surface area (Å²) >= 11 is 1.24. The minimum Gasteiger partial charge on any atom is -0.480 e. The molecule has 0 aromatic carbocycles. The van der Waals surface area contributed by atoms with Crippen molar-refractivity contribution in [3.8, 4) is 0 Å². The molecular formula is C90H148N10O27S. The van der Waals surface area contributed by atoms with Gasteiger partial charge in [0.05, 0.1) is 61.9 Å². The summed E-state index contributed by atoms with van der Waals surface area (Å²) in [6, 6.07) is -11.1. The van der Waals surface area contributed by atoms with Crippen LogP contribution < -0.4 is 26.6 Å². The second-order valence-corrected chi connectivity index (χ2v) is 37.4. The van der Waals surface area contributed by atoms with E-state index in [-0.39, 0.29) is 127 Å². The van der Waals surface area contributed by atoms with Crippen LogP contribution in [0.2, 0.25) is 0 Å². The molecule has 5 saturated heterocycles. The van der Waals surface area contributed by atoms with E-state index in [0.29, 0.717) is 58.0 Å². The second kappa shape index (κ2) is 52.6. The number of likely N-dealkylation sites (tertiary alicyclic amines) is 5. The van der Waals surface area contributed by atoms with Crippen LogP contribution in [0.1, 0.15) is 283 Å². The SMILES string of the molecule is CCC[C@H](N[C@@H](C)C(=O)N1[C@H](C(=O)O)C[C@H]2CCCC[C@@H]21)C(=O)O.CCC[C@H](N[C@@H](C)C(=O)N1[C@H](C(=O)O)C[C@H]2CCCC[C@@H]21)C(=O)OCC.CCOC(=O)C(C)SC[C@H](N[C@@H](C)C(=O)N1[C@H](C(=O)O)C[C@H]2CCCC[C@@H]21)C(=O)OCC.CCOC(=O)[C@H](C)N[C@@H](C)C(=O)N1[C@H](C(=O)O)C[C@H]2CCCC[C@@H]21.C[C@H](N[C@@H](C)C(=O)N1[C@H](C(=O)O)C[C@H]2CCCC[C@@H]21)C(=O)O. The maximum Gasteiger partial charge on any atom is 0.326 e. The summed E-state index contributed by atoms with van der Waals surface area (Å²) in [6.07, 6.45) is 24.6. The number of amides is 5. The first-order valence-corrected chi connectivity index (χ1v) is 48.0. The molecule has 0 radical (unpaired) electrons. The fourth-order valence-corrected chi connectivity index (χ4v) is 21.8. The fraction of sp³-hybridized carbons (Fsp3) is 0.822. The van der Waals surface area contributed by atoms with E-state index in [1.54, 1.807) is 86.0 Å². The van der Waals surface area contributed by atoms with Crippen LogP contribution in [0, 0.1) is 29.6 Å². The number of hydrogen-bond donors (Lipinski definition) is 12. The lowest BCUT2D eigenvalue weighted by Crippen LogP contribution is -2.56. The lowest BCUT2D eigenvalue weighted by molar-refractivity contribution is -0.152. The molecule has 5 heterocycles. The van der Waals surface area contributed by atoms with E-state index < -0.39 is 150 Å². The molecule has 12 N–H and O–H groups in total. The standard InChI is InChI=1S/C22H36N2O7S.C19H32N2O5.2C17H28N2O5.C15H24N2O5/c1-5-30-21(28)14(4)32-12-16(22(29)31-6-2)23-13(3)19(25)24-17-10-8-7-9-15(17)11-18(24)20(26)27;1-4-8-14(19(25)26-5-2)20-12(3)17(22)21-15-10-7-6-9-13(15)11-16(21)18(23)24;1-4-24-17(23)11(3)18-10(2)15(20)19-13-8-6-5-7-12(13)9-14(19)16(21)22;1-3-6-12(16(21)22)18-10(2)15(20)19-13-8-5-4-7-11(13)9-14(19)17(23)24;1-8(16-9(2)14(19)20)13(18)17-11-6-4-3-5-10(11)7-12(17)15(21)22/h13-18,23H,5-12H2,1-4H3,(H,26,27);12-16,20H,4-11H2,1-3H3,(H,23,24);10-14,18H,4-9H2,1-3H3,(H,21,22);10-14,18H,3-9H2,1-2H3,(H,21,22)(H,23,24);8-12,16H,3-7H2,1-2H3,(H,19,20)(H,21,22)/t13-,14?,15+,16-,17-,18-;12-,13+,14-,15-,16-;10-,11-,12+,13-,14-;10-,11+,12-,13-,14-;8-,9-,10+,11-,12-/m00000/s1. The number of carboxylic acid groups (broad SMARTS) is 7. The summed E-state index contributed by atoms with van der Waals surface area (Å²) in [5.41, 5.74) is 0. The van der Waals surface area contributed by atoms with Crippen molar-refractivity contribution in [1.29, 1.82) is 0 Å². The van der Waals surface area contributed by atoms with E-state index in [9.17, 15) is 107 Å². The molecule has 10 fully saturated rings. The van der Waals surface area contributed by atoms with Gasteiger partial charge in [0.1, 0.15) is 60.4 Å². The van der Waals surface area contributed by atoms with Crippen LogP contribution in [0.4, 0.5) is 0 Å². The number of nitrogens with one attached hydrogen (secondary N) is 5. The van der Waals surface area contributed by atoms with Crippen molar-refractivity contribution in [2.45, 2.75) is 409 Å². The number of carbonyl (C=O) groups excluding carboxylic acids is 9. The highest BCUT2D eigenvalue weighted by Gasteiger charge is 2.54. The molecule has 0 spiro atoms. The fourth-order valence-electron chi connectivity index (χ4n) is 20.9. The molecule has 0 aromatic heterocycles. The summed E-state index contributed by atoms with van der Waals surface area (Å²) in [4.78, 5) is 201. The Balaban J connectivity index is 0.000000248. The summed E-state index contributed by atoms with van der Waals surface area (Å²) in [5, 5.41) is 80.1. The molecule has 37 nitrogen and oxygen atoms in total. The summed E-state index contributed by atoms with van der Waals surface area (Å²) in [6.45, 7) is 24.8. The monoisotopic (exact) mass is 1830 g/mol. The predicted molar refractivity (Wildman–Crippen MR) is 470 cm³/mol. The number of esters is 4. The number of rotatable bonds is 37. The van der Waals surface area contributed by atoms with Gasteiger partial charge in [-0.3, -0.25) is 79.3 Å². The highest BCUT2D eigenvalue weighted by Crippen LogP contribution is 2.45. The third kappa shape index (κ3) is 29.3. The molecule has 0 aromatic rings. The van der Waals surface area contributed by atoms with Gasteiger partial charge < -0.3 is 79.2 Å². The normalized spacial score (nSPS) is 28.0. The van der Waals surface area contributed by atoms with Crippen LogP contribution >= 0.6 is 11.8 Å². The quantitative estimate of drug-likeness (QED) is 0.0218. The Labute approximate surface area is 756 Å². The highest BCUT2D eigenvalue weighted by molar-refractivity contribution is 8.00. The van der Waals surface area contributed by atoms with Gasteiger partial charge in [0.25, 0.3) is 0 Å². The molecule has 10 rings (SSSR count). The summed E-state index contributed by atoms with van der Waals surface area (Å²) < 4.78 is 20.2. The lowest BCUT2D eigenvalue weighted by atomic mass is 9.84. The number of ether oxygens (including phenoxy) is 4. The Morgan fingerprint density at radius 1 is 0.289 bits per heavy atom. The molecule has 10 aliphatic rings. The van der Waals surface area contributed by atoms with Crippen molar-refractivity contribution in [3.05, 3.63) is 0 Å². The van der Waals surface area contributed by atoms with Gasteiger partial charge in [-0.05, 0) is 222 Å². The Bertz CT molecular complexity index is 3750. The number of carbonyl (C=O) groups is 16. The first-order chi connectivity index (χ1) is 60.7. The maximum atomic E-state index is 13.3. The first kappa shape index (κ1) is 108. The zero-order chi connectivity index (χ0) is 95.2. The third-order valence-electron chi connectivity index (χ3n) is 27.1. The van der Waals surface area contributed by atoms with Crippen LogP contribution in [0.25, 0.3) is 0 Å². The minimum absolute atomic E-state index is 0.00817. The van der Waals surface area contributed by atoms with Crippen molar-refractivity contribution < 1.29 is 131 Å². The zero-order valence-corrected chi connectivity index (χ0v) is 78.3. The predicted octanol–water partition coefficient (Wildman–Crippen LogP) is 7.07. The molecular weight excluding hydrogens is 1690 g/mol. The lowest BCUT2D eigenvalue weighted by Gasteiger charge is -2.35. The van der Waals surface area contributed by atoms with Crippen LogP contribution in [-0.2, 0) is 95.7 Å². The van der Waals surface area contributed by atoms with E-state index in [2.05, 4.69) is 26.6 Å². The first-order valence-electron chi connectivity index (χ1n) is 47.0. The molecule has 726 valence electrons. The average Bonchev–Trinajstić information content (AvgIpc) is 1.66. The molecule has 38 heteroatoms. The topological polar surface area (TPSA) is 528 Å². The van der Waals surface area contributed by atoms with Crippen molar-refractivity contribution in [3.63, 3.8) is 0 Å². The van der Waals surface area contributed by atoms with Crippen LogP contribution in [-0.4, -0.2) is 314 Å². The molecule has 5 amide bonds. The van der Waals surface area contributed by atoms with E-state index >= 15 is 0 Å². The van der Waals surface area contributed by atoms with Crippen LogP contribution in [0.15, 0.2) is 0 Å². The molecule has 128 heavy (non-hydrogen) atoms. The van der Waals surface area contributed by atoms with Crippen molar-refractivity contribution in [1.82, 2.24) is 51.1 Å². The van der Waals surface area contributed by atoms with Gasteiger partial charge >= 0.3 is 65.7 Å². The Kier molecular flexibility index (Phi) is 44.6. The van der Waals surface area contributed by atoms with E-state index in [1.807, 2.05) is 13.8 Å². The van der Waals surface area contributed by atoms with Crippen molar-refractivity contribution >= 4 is 107 Å². The van der Waals surface area contributed by atoms with E-state index in [0.717, 1.165) is 135 Å². The van der Waals surface area contributed by atoms with Gasteiger partial charge in [-0.1, -0.05) is 90.9 Å².